The molecule has 0 aromatic carbocycles. The Bertz CT molecular complexity index is 587. The minimum Gasteiger partial charge on any atom is -0.309 e. The van der Waals surface area contributed by atoms with Crippen molar-refractivity contribution in [2.45, 2.75) is 62.4 Å². The van der Waals surface area contributed by atoms with Crippen LogP contribution in [0, 0.1) is 5.92 Å². The monoisotopic (exact) mass is 328 g/mol. The van der Waals surface area contributed by atoms with Gasteiger partial charge in [-0.05, 0) is 43.7 Å². The highest BCUT2D eigenvalue weighted by Gasteiger charge is 2.38. The Labute approximate surface area is 131 Å². The predicted octanol–water partition coefficient (Wildman–Crippen LogP) is 2.81. The molecule has 0 radical (unpaired) electrons. The lowest BCUT2D eigenvalue weighted by atomic mass is 10.2. The van der Waals surface area contributed by atoms with Crippen LogP contribution in [0.2, 0.25) is 0 Å². The number of rotatable bonds is 8. The lowest BCUT2D eigenvalue weighted by molar-refractivity contribution is 0.361. The third kappa shape index (κ3) is 3.86. The van der Waals surface area contributed by atoms with E-state index in [1.165, 1.54) is 24.2 Å². The molecule has 3 rings (SSSR count). The normalized spacial score (nSPS) is 19.6. The van der Waals surface area contributed by atoms with E-state index in [9.17, 15) is 8.42 Å². The third-order valence-electron chi connectivity index (χ3n) is 3.84. The van der Waals surface area contributed by atoms with Gasteiger partial charge >= 0.3 is 0 Å². The molecule has 0 amide bonds. The van der Waals surface area contributed by atoms with E-state index >= 15 is 0 Å². The van der Waals surface area contributed by atoms with Crippen LogP contribution in [0.5, 0.6) is 0 Å². The van der Waals surface area contributed by atoms with Gasteiger partial charge in [-0.15, -0.1) is 11.3 Å². The van der Waals surface area contributed by atoms with Gasteiger partial charge in [-0.1, -0.05) is 13.8 Å². The number of sulfonamides is 1. The van der Waals surface area contributed by atoms with Crippen LogP contribution < -0.4 is 5.32 Å². The highest BCUT2D eigenvalue weighted by molar-refractivity contribution is 7.91. The van der Waals surface area contributed by atoms with Gasteiger partial charge in [-0.3, -0.25) is 0 Å². The summed E-state index contributed by atoms with van der Waals surface area (Å²) in [6, 6.07) is 4.61. The molecular weight excluding hydrogens is 304 g/mol. The molecule has 2 fully saturated rings. The number of hydrogen-bond donors (Lipinski definition) is 1. The summed E-state index contributed by atoms with van der Waals surface area (Å²) in [5.74, 6) is 0.358. The van der Waals surface area contributed by atoms with Gasteiger partial charge in [0.1, 0.15) is 4.21 Å². The Morgan fingerprint density at radius 1 is 1.29 bits per heavy atom. The molecule has 2 aliphatic carbocycles. The van der Waals surface area contributed by atoms with E-state index in [0.29, 0.717) is 22.7 Å². The van der Waals surface area contributed by atoms with E-state index in [0.717, 1.165) is 24.3 Å². The maximum absolute atomic E-state index is 12.8. The van der Waals surface area contributed by atoms with Crippen LogP contribution in [-0.2, 0) is 16.6 Å². The van der Waals surface area contributed by atoms with Gasteiger partial charge in [0.2, 0.25) is 0 Å². The standard InChI is InChI=1S/C15H24N2O2S2/c1-11(2)10-17(13-5-6-13)21(18,19)15-8-7-14(20-15)9-16-12-3-4-12/h7-8,11-13,16H,3-6,9-10H2,1-2H3. The van der Waals surface area contributed by atoms with E-state index in [4.69, 9.17) is 0 Å². The SMILES string of the molecule is CC(C)CN(C1CC1)S(=O)(=O)c1ccc(CNC2CC2)s1. The topological polar surface area (TPSA) is 49.4 Å². The van der Waals surface area contributed by atoms with Gasteiger partial charge in [0.05, 0.1) is 0 Å². The molecule has 118 valence electrons. The summed E-state index contributed by atoms with van der Waals surface area (Å²) in [6.45, 7) is 5.56. The van der Waals surface area contributed by atoms with Crippen LogP contribution in [-0.4, -0.2) is 31.4 Å². The van der Waals surface area contributed by atoms with Crippen molar-refractivity contribution in [2.75, 3.05) is 6.54 Å². The molecule has 1 aromatic rings. The van der Waals surface area contributed by atoms with E-state index < -0.39 is 10.0 Å². The summed E-state index contributed by atoms with van der Waals surface area (Å²) >= 11 is 1.42. The van der Waals surface area contributed by atoms with E-state index in [1.54, 1.807) is 10.4 Å². The van der Waals surface area contributed by atoms with E-state index in [2.05, 4.69) is 19.2 Å². The van der Waals surface area contributed by atoms with Crippen molar-refractivity contribution in [3.8, 4) is 0 Å². The summed E-state index contributed by atoms with van der Waals surface area (Å²) < 4.78 is 27.9. The first-order chi connectivity index (χ1) is 9.96. The Kier molecular flexibility index (Phi) is 4.41. The van der Waals surface area contributed by atoms with Crippen LogP contribution >= 0.6 is 11.3 Å². The molecule has 1 aromatic heterocycles. The Morgan fingerprint density at radius 2 is 2.00 bits per heavy atom. The molecule has 1 heterocycles. The average molecular weight is 329 g/mol. The smallest absolute Gasteiger partial charge is 0.252 e. The minimum absolute atomic E-state index is 0.229. The number of nitrogens with one attached hydrogen (secondary N) is 1. The summed E-state index contributed by atoms with van der Waals surface area (Å²) in [5, 5.41) is 3.44. The van der Waals surface area contributed by atoms with Crippen molar-refractivity contribution < 1.29 is 8.42 Å². The van der Waals surface area contributed by atoms with Gasteiger partial charge in [0.15, 0.2) is 0 Å². The van der Waals surface area contributed by atoms with Crippen molar-refractivity contribution in [3.05, 3.63) is 17.0 Å². The van der Waals surface area contributed by atoms with E-state index in [-0.39, 0.29) is 6.04 Å². The molecule has 21 heavy (non-hydrogen) atoms. The lowest BCUT2D eigenvalue weighted by Gasteiger charge is -2.22. The zero-order valence-electron chi connectivity index (χ0n) is 12.7. The maximum atomic E-state index is 12.8. The minimum atomic E-state index is -3.31. The van der Waals surface area contributed by atoms with Crippen LogP contribution in [0.25, 0.3) is 0 Å². The van der Waals surface area contributed by atoms with Crippen LogP contribution in [0.15, 0.2) is 16.3 Å². The predicted molar refractivity (Wildman–Crippen MR) is 85.9 cm³/mol. The van der Waals surface area contributed by atoms with Crippen LogP contribution in [0.3, 0.4) is 0 Å². The van der Waals surface area contributed by atoms with Crippen molar-refractivity contribution >= 4 is 21.4 Å². The second kappa shape index (κ2) is 5.99. The van der Waals surface area contributed by atoms with Gasteiger partial charge in [-0.2, -0.15) is 4.31 Å². The Hall–Kier alpha value is -0.430. The second-order valence-electron chi connectivity index (χ2n) is 6.58. The highest BCUT2D eigenvalue weighted by Crippen LogP contribution is 2.35. The first kappa shape index (κ1) is 15.5. The largest absolute Gasteiger partial charge is 0.309 e. The molecular formula is C15H24N2O2S2. The van der Waals surface area contributed by atoms with Crippen molar-refractivity contribution in [1.82, 2.24) is 9.62 Å². The van der Waals surface area contributed by atoms with Gasteiger partial charge in [0.25, 0.3) is 10.0 Å². The molecule has 0 aliphatic heterocycles. The molecule has 0 spiro atoms. The zero-order valence-corrected chi connectivity index (χ0v) is 14.3. The fourth-order valence-electron chi connectivity index (χ4n) is 2.41. The van der Waals surface area contributed by atoms with Gasteiger partial charge in [0, 0.05) is 30.1 Å². The molecule has 1 N–H and O–H groups in total. The first-order valence-electron chi connectivity index (χ1n) is 7.81. The quantitative estimate of drug-likeness (QED) is 0.798. The van der Waals surface area contributed by atoms with Gasteiger partial charge in [-0.25, -0.2) is 8.42 Å². The second-order valence-corrected chi connectivity index (χ2v) is 9.86. The average Bonchev–Trinajstić information content (AvgIpc) is 3.33. The Balaban J connectivity index is 1.72. The number of thiophene rings is 1. The molecule has 2 aliphatic rings. The zero-order chi connectivity index (χ0) is 15.0. The highest BCUT2D eigenvalue weighted by atomic mass is 32.2. The lowest BCUT2D eigenvalue weighted by Crippen LogP contribution is -2.35. The maximum Gasteiger partial charge on any atom is 0.252 e. The van der Waals surface area contributed by atoms with Crippen LogP contribution in [0.4, 0.5) is 0 Å². The number of nitrogens with zero attached hydrogens (tertiary/aromatic N) is 1. The van der Waals surface area contributed by atoms with Crippen molar-refractivity contribution in [3.63, 3.8) is 0 Å². The van der Waals surface area contributed by atoms with Crippen molar-refractivity contribution in [2.24, 2.45) is 5.92 Å². The first-order valence-corrected chi connectivity index (χ1v) is 10.1. The summed E-state index contributed by atoms with van der Waals surface area (Å²) in [6.07, 6.45) is 4.52. The molecule has 0 unspecified atom stereocenters. The number of hydrogen-bond acceptors (Lipinski definition) is 4. The fraction of sp³-hybridized carbons (Fsp3) is 0.733. The molecule has 4 nitrogen and oxygen atoms in total. The summed E-state index contributed by atoms with van der Waals surface area (Å²) in [5.41, 5.74) is 0. The summed E-state index contributed by atoms with van der Waals surface area (Å²) in [4.78, 5) is 1.11. The fourth-order valence-corrected chi connectivity index (χ4v) is 5.69. The van der Waals surface area contributed by atoms with Crippen molar-refractivity contribution in [1.29, 1.82) is 0 Å². The Morgan fingerprint density at radius 3 is 2.57 bits per heavy atom. The molecule has 0 saturated heterocycles. The van der Waals surface area contributed by atoms with Gasteiger partial charge < -0.3 is 5.32 Å². The molecule has 2 saturated carbocycles. The summed E-state index contributed by atoms with van der Waals surface area (Å²) in [7, 11) is -3.31. The molecule has 0 bridgehead atoms. The molecule has 6 heteroatoms. The van der Waals surface area contributed by atoms with E-state index in [1.807, 2.05) is 6.07 Å². The van der Waals surface area contributed by atoms with Crippen LogP contribution in [0.1, 0.15) is 44.4 Å². The third-order valence-corrected chi connectivity index (χ3v) is 7.31. The molecule has 0 atom stereocenters.